The number of hydrogen-bond acceptors (Lipinski definition) is 6. The molecule has 1 aromatic rings. The summed E-state index contributed by atoms with van der Waals surface area (Å²) >= 11 is 0. The Kier molecular flexibility index (Phi) is 4.99. The standard InChI is InChI=1S/C20H24N4O4/c21-9-12-2-1-3-15(12)22-10-11-4-5-13-14(8-11)20(28)24(19(13)27)16-6-7-17(25)23-18(16)26/h4-5,8,12,15-16,22H,1-3,6-7,9-10,21H2,(H,23,25,26)/t12-,15+,16?/m1/s1. The molecule has 8 nitrogen and oxygen atoms in total. The molecule has 0 radical (unpaired) electrons. The molecule has 2 fully saturated rings. The molecule has 8 heteroatoms. The predicted octanol–water partition coefficient (Wildman–Crippen LogP) is 0.305. The molecule has 148 valence electrons. The zero-order valence-electron chi connectivity index (χ0n) is 15.6. The Hall–Kier alpha value is -2.58. The molecule has 3 atom stereocenters. The van der Waals surface area contributed by atoms with Gasteiger partial charge >= 0.3 is 0 Å². The van der Waals surface area contributed by atoms with Crippen LogP contribution < -0.4 is 16.4 Å². The van der Waals surface area contributed by atoms with E-state index in [0.29, 0.717) is 36.2 Å². The molecule has 1 aromatic carbocycles. The maximum atomic E-state index is 12.8. The van der Waals surface area contributed by atoms with Crippen molar-refractivity contribution in [2.75, 3.05) is 6.54 Å². The van der Waals surface area contributed by atoms with E-state index in [-0.39, 0.29) is 18.7 Å². The van der Waals surface area contributed by atoms with Gasteiger partial charge in [0, 0.05) is 19.0 Å². The number of carbonyl (C=O) groups is 4. The van der Waals surface area contributed by atoms with Gasteiger partial charge in [-0.1, -0.05) is 12.5 Å². The topological polar surface area (TPSA) is 122 Å². The number of benzene rings is 1. The fourth-order valence-corrected chi connectivity index (χ4v) is 4.46. The van der Waals surface area contributed by atoms with Crippen LogP contribution in [0.5, 0.6) is 0 Å². The van der Waals surface area contributed by atoms with Gasteiger partial charge in [0.2, 0.25) is 11.8 Å². The Morgan fingerprint density at radius 1 is 1.07 bits per heavy atom. The first-order valence-corrected chi connectivity index (χ1v) is 9.77. The number of nitrogens with two attached hydrogens (primary N) is 1. The molecule has 1 unspecified atom stereocenters. The van der Waals surface area contributed by atoms with Crippen molar-refractivity contribution in [1.29, 1.82) is 0 Å². The third kappa shape index (κ3) is 3.22. The van der Waals surface area contributed by atoms with Crippen LogP contribution in [0.4, 0.5) is 0 Å². The fourth-order valence-electron chi connectivity index (χ4n) is 4.46. The van der Waals surface area contributed by atoms with Gasteiger partial charge in [0.15, 0.2) is 0 Å². The number of nitrogens with zero attached hydrogens (tertiary/aromatic N) is 1. The van der Waals surface area contributed by atoms with Crippen molar-refractivity contribution in [3.8, 4) is 0 Å². The highest BCUT2D eigenvalue weighted by atomic mass is 16.2. The van der Waals surface area contributed by atoms with E-state index >= 15 is 0 Å². The van der Waals surface area contributed by atoms with Crippen molar-refractivity contribution in [2.45, 2.75) is 50.7 Å². The Bertz CT molecular complexity index is 853. The summed E-state index contributed by atoms with van der Waals surface area (Å²) in [5, 5.41) is 5.71. The van der Waals surface area contributed by atoms with Crippen molar-refractivity contribution in [3.05, 3.63) is 34.9 Å². The predicted molar refractivity (Wildman–Crippen MR) is 100 cm³/mol. The summed E-state index contributed by atoms with van der Waals surface area (Å²) in [4.78, 5) is 50.0. The fraction of sp³-hybridized carbons (Fsp3) is 0.500. The minimum atomic E-state index is -0.935. The molecule has 2 heterocycles. The lowest BCUT2D eigenvalue weighted by atomic mass is 10.0. The van der Waals surface area contributed by atoms with E-state index in [1.807, 2.05) is 6.07 Å². The highest BCUT2D eigenvalue weighted by Gasteiger charge is 2.44. The average Bonchev–Trinajstić information content (AvgIpc) is 3.23. The molecule has 4 amide bonds. The lowest BCUT2D eigenvalue weighted by Gasteiger charge is -2.27. The van der Waals surface area contributed by atoms with E-state index in [1.165, 1.54) is 0 Å². The molecule has 1 saturated heterocycles. The molecule has 1 saturated carbocycles. The van der Waals surface area contributed by atoms with Gasteiger partial charge in [-0.05, 0) is 49.4 Å². The number of nitrogens with one attached hydrogen (secondary N) is 2. The van der Waals surface area contributed by atoms with Crippen molar-refractivity contribution in [3.63, 3.8) is 0 Å². The second kappa shape index (κ2) is 7.44. The molecule has 0 spiro atoms. The third-order valence-corrected chi connectivity index (χ3v) is 6.03. The van der Waals surface area contributed by atoms with E-state index in [0.717, 1.165) is 29.7 Å². The van der Waals surface area contributed by atoms with Gasteiger partial charge in [0.25, 0.3) is 11.8 Å². The molecule has 4 rings (SSSR count). The van der Waals surface area contributed by atoms with Crippen LogP contribution in [0.2, 0.25) is 0 Å². The smallest absolute Gasteiger partial charge is 0.262 e. The first kappa shape index (κ1) is 18.8. The van der Waals surface area contributed by atoms with Crippen molar-refractivity contribution < 1.29 is 19.2 Å². The first-order valence-electron chi connectivity index (χ1n) is 9.77. The Balaban J connectivity index is 1.49. The van der Waals surface area contributed by atoms with Crippen molar-refractivity contribution >= 4 is 23.6 Å². The van der Waals surface area contributed by atoms with Crippen molar-refractivity contribution in [2.24, 2.45) is 11.7 Å². The summed E-state index contributed by atoms with van der Waals surface area (Å²) in [5.41, 5.74) is 7.36. The van der Waals surface area contributed by atoms with Crippen LogP contribution in [-0.2, 0) is 16.1 Å². The quantitative estimate of drug-likeness (QED) is 0.628. The summed E-state index contributed by atoms with van der Waals surface area (Å²) < 4.78 is 0. The first-order chi connectivity index (χ1) is 13.5. The van der Waals surface area contributed by atoms with E-state index in [4.69, 9.17) is 5.73 Å². The summed E-state index contributed by atoms with van der Waals surface area (Å²) in [6, 6.07) is 4.64. The van der Waals surface area contributed by atoms with E-state index in [9.17, 15) is 19.2 Å². The lowest BCUT2D eigenvalue weighted by molar-refractivity contribution is -0.136. The van der Waals surface area contributed by atoms with Crippen molar-refractivity contribution in [1.82, 2.24) is 15.5 Å². The third-order valence-electron chi connectivity index (χ3n) is 6.03. The molecule has 0 bridgehead atoms. The SMILES string of the molecule is NC[C@H]1CCC[C@@H]1NCc1ccc2c(c1)C(=O)N(C1CCC(=O)NC1=O)C2=O. The molecule has 0 aromatic heterocycles. The second-order valence-corrected chi connectivity index (χ2v) is 7.74. The molecule has 2 aliphatic heterocycles. The van der Waals surface area contributed by atoms with Gasteiger partial charge in [0.05, 0.1) is 11.1 Å². The zero-order chi connectivity index (χ0) is 19.8. The van der Waals surface area contributed by atoms with Crippen LogP contribution in [0, 0.1) is 5.92 Å². The summed E-state index contributed by atoms with van der Waals surface area (Å²) in [6.07, 6.45) is 3.66. The van der Waals surface area contributed by atoms with Gasteiger partial charge in [0.1, 0.15) is 6.04 Å². The largest absolute Gasteiger partial charge is 0.330 e. The normalized spacial score (nSPS) is 27.3. The maximum Gasteiger partial charge on any atom is 0.262 e. The van der Waals surface area contributed by atoms with Crippen LogP contribution in [0.15, 0.2) is 18.2 Å². The Labute approximate surface area is 162 Å². The van der Waals surface area contributed by atoms with Gasteiger partial charge in [-0.15, -0.1) is 0 Å². The minimum Gasteiger partial charge on any atom is -0.330 e. The Morgan fingerprint density at radius 2 is 1.86 bits per heavy atom. The summed E-state index contributed by atoms with van der Waals surface area (Å²) in [5.74, 6) is -1.46. The van der Waals surface area contributed by atoms with Gasteiger partial charge in [-0.2, -0.15) is 0 Å². The number of rotatable bonds is 5. The highest BCUT2D eigenvalue weighted by Crippen LogP contribution is 2.29. The number of fused-ring (bicyclic) bond motifs is 1. The van der Waals surface area contributed by atoms with Gasteiger partial charge in [-0.25, -0.2) is 0 Å². The van der Waals surface area contributed by atoms with E-state index in [1.54, 1.807) is 12.1 Å². The summed E-state index contributed by atoms with van der Waals surface area (Å²) in [6.45, 7) is 1.25. The molecular weight excluding hydrogens is 360 g/mol. The number of carbonyl (C=O) groups excluding carboxylic acids is 4. The van der Waals surface area contributed by atoms with Gasteiger partial charge < -0.3 is 11.1 Å². The molecular formula is C20H24N4O4. The molecule has 4 N–H and O–H groups in total. The molecule has 1 aliphatic carbocycles. The van der Waals surface area contributed by atoms with Crippen LogP contribution >= 0.6 is 0 Å². The van der Waals surface area contributed by atoms with Crippen LogP contribution in [0.25, 0.3) is 0 Å². The minimum absolute atomic E-state index is 0.114. The zero-order valence-corrected chi connectivity index (χ0v) is 15.6. The maximum absolute atomic E-state index is 12.8. The highest BCUT2D eigenvalue weighted by molar-refractivity contribution is 6.23. The Morgan fingerprint density at radius 3 is 2.61 bits per heavy atom. The number of hydrogen-bond donors (Lipinski definition) is 3. The summed E-state index contributed by atoms with van der Waals surface area (Å²) in [7, 11) is 0. The van der Waals surface area contributed by atoms with Crippen LogP contribution in [0.1, 0.15) is 58.4 Å². The second-order valence-electron chi connectivity index (χ2n) is 7.74. The van der Waals surface area contributed by atoms with E-state index < -0.39 is 23.8 Å². The average molecular weight is 384 g/mol. The lowest BCUT2D eigenvalue weighted by Crippen LogP contribution is -2.54. The van der Waals surface area contributed by atoms with E-state index in [2.05, 4.69) is 10.6 Å². The van der Waals surface area contributed by atoms with Gasteiger partial charge in [-0.3, -0.25) is 29.4 Å². The monoisotopic (exact) mass is 384 g/mol. The number of amides is 4. The van der Waals surface area contributed by atoms with Crippen LogP contribution in [-0.4, -0.2) is 47.2 Å². The molecule has 28 heavy (non-hydrogen) atoms. The number of imide groups is 2. The molecule has 3 aliphatic rings. The van der Waals surface area contributed by atoms with Crippen LogP contribution in [0.3, 0.4) is 0 Å². The number of piperidine rings is 1.